The van der Waals surface area contributed by atoms with Crippen molar-refractivity contribution in [3.8, 4) is 11.6 Å². The SMILES string of the molecule is COc1ccc(CN2C[C@H]3CN(Cc4ccc(OC)nc4)CCN3C2=O)cc1. The van der Waals surface area contributed by atoms with E-state index < -0.39 is 0 Å². The molecule has 1 atom stereocenters. The molecular formula is C21H26N4O3. The Balaban J connectivity index is 1.35. The van der Waals surface area contributed by atoms with Gasteiger partial charge in [0.2, 0.25) is 5.88 Å². The quantitative estimate of drug-likeness (QED) is 0.767. The lowest BCUT2D eigenvalue weighted by Gasteiger charge is -2.36. The standard InChI is InChI=1S/C21H26N4O3/c1-27-19-6-3-16(4-7-19)13-24-15-18-14-23(9-10-25(18)21(24)26)12-17-5-8-20(28-2)22-11-17/h3-8,11,18H,9-10,12-15H2,1-2H3/t18-/m1/s1. The first-order chi connectivity index (χ1) is 13.7. The second kappa shape index (κ2) is 8.06. The van der Waals surface area contributed by atoms with Crippen LogP contribution < -0.4 is 9.47 Å². The summed E-state index contributed by atoms with van der Waals surface area (Å²) in [5.74, 6) is 1.46. The molecule has 148 valence electrons. The molecule has 7 nitrogen and oxygen atoms in total. The Morgan fingerprint density at radius 2 is 1.75 bits per heavy atom. The van der Waals surface area contributed by atoms with Crippen molar-refractivity contribution in [3.05, 3.63) is 53.7 Å². The van der Waals surface area contributed by atoms with E-state index in [1.54, 1.807) is 14.2 Å². The van der Waals surface area contributed by atoms with Crippen molar-refractivity contribution < 1.29 is 14.3 Å². The van der Waals surface area contributed by atoms with Gasteiger partial charge in [0, 0.05) is 51.5 Å². The molecule has 2 fully saturated rings. The maximum atomic E-state index is 12.8. The number of rotatable bonds is 6. The summed E-state index contributed by atoms with van der Waals surface area (Å²) in [5.41, 5.74) is 2.28. The zero-order valence-corrected chi connectivity index (χ0v) is 16.4. The van der Waals surface area contributed by atoms with E-state index in [9.17, 15) is 4.79 Å². The van der Waals surface area contributed by atoms with Crippen LogP contribution in [0.1, 0.15) is 11.1 Å². The molecule has 3 heterocycles. The van der Waals surface area contributed by atoms with Crippen molar-refractivity contribution in [2.45, 2.75) is 19.1 Å². The Morgan fingerprint density at radius 1 is 0.964 bits per heavy atom. The zero-order chi connectivity index (χ0) is 19.5. The van der Waals surface area contributed by atoms with Crippen molar-refractivity contribution in [1.29, 1.82) is 0 Å². The largest absolute Gasteiger partial charge is 0.497 e. The number of amides is 2. The molecule has 0 radical (unpaired) electrons. The van der Waals surface area contributed by atoms with Crippen LogP contribution in [0.25, 0.3) is 0 Å². The highest BCUT2D eigenvalue weighted by Crippen LogP contribution is 2.24. The van der Waals surface area contributed by atoms with Crippen LogP contribution in [-0.2, 0) is 13.1 Å². The summed E-state index contributed by atoms with van der Waals surface area (Å²) in [6.07, 6.45) is 1.86. The topological polar surface area (TPSA) is 58.1 Å². The second-order valence-electron chi connectivity index (χ2n) is 7.30. The van der Waals surface area contributed by atoms with Gasteiger partial charge in [-0.3, -0.25) is 4.90 Å². The summed E-state index contributed by atoms with van der Waals surface area (Å²) in [7, 11) is 3.28. The highest BCUT2D eigenvalue weighted by Gasteiger charge is 2.40. The number of piperazine rings is 1. The summed E-state index contributed by atoms with van der Waals surface area (Å²) >= 11 is 0. The van der Waals surface area contributed by atoms with E-state index in [1.165, 1.54) is 0 Å². The number of hydrogen-bond donors (Lipinski definition) is 0. The van der Waals surface area contributed by atoms with E-state index in [-0.39, 0.29) is 12.1 Å². The van der Waals surface area contributed by atoms with Crippen LogP contribution in [0.5, 0.6) is 11.6 Å². The molecule has 2 amide bonds. The predicted molar refractivity (Wildman–Crippen MR) is 105 cm³/mol. The summed E-state index contributed by atoms with van der Waals surface area (Å²) in [4.78, 5) is 23.4. The molecule has 2 aromatic rings. The number of ether oxygens (including phenoxy) is 2. The molecule has 0 unspecified atom stereocenters. The van der Waals surface area contributed by atoms with Gasteiger partial charge in [-0.05, 0) is 23.3 Å². The second-order valence-corrected chi connectivity index (χ2v) is 7.30. The highest BCUT2D eigenvalue weighted by molar-refractivity contribution is 5.77. The number of benzene rings is 1. The first-order valence-corrected chi connectivity index (χ1v) is 9.56. The van der Waals surface area contributed by atoms with Crippen molar-refractivity contribution in [2.75, 3.05) is 40.4 Å². The lowest BCUT2D eigenvalue weighted by atomic mass is 10.1. The van der Waals surface area contributed by atoms with Crippen LogP contribution in [0.4, 0.5) is 4.79 Å². The van der Waals surface area contributed by atoms with E-state index in [0.717, 1.165) is 49.6 Å². The first-order valence-electron chi connectivity index (χ1n) is 9.56. The number of urea groups is 1. The molecule has 2 aliphatic heterocycles. The van der Waals surface area contributed by atoms with Gasteiger partial charge in [-0.15, -0.1) is 0 Å². The Kier molecular flexibility index (Phi) is 5.34. The van der Waals surface area contributed by atoms with Gasteiger partial charge in [-0.2, -0.15) is 0 Å². The molecule has 1 aromatic heterocycles. The van der Waals surface area contributed by atoms with E-state index in [2.05, 4.69) is 9.88 Å². The highest BCUT2D eigenvalue weighted by atomic mass is 16.5. The molecule has 0 spiro atoms. The molecule has 0 saturated carbocycles. The van der Waals surface area contributed by atoms with Gasteiger partial charge >= 0.3 is 6.03 Å². The Morgan fingerprint density at radius 3 is 2.43 bits per heavy atom. The maximum Gasteiger partial charge on any atom is 0.320 e. The molecule has 0 aliphatic carbocycles. The fourth-order valence-corrected chi connectivity index (χ4v) is 3.95. The first kappa shape index (κ1) is 18.6. The number of fused-ring (bicyclic) bond motifs is 1. The minimum absolute atomic E-state index is 0.145. The number of carbonyl (C=O) groups excluding carboxylic acids is 1. The lowest BCUT2D eigenvalue weighted by Crippen LogP contribution is -2.51. The van der Waals surface area contributed by atoms with Gasteiger partial charge in [-0.25, -0.2) is 9.78 Å². The number of carbonyl (C=O) groups is 1. The summed E-state index contributed by atoms with van der Waals surface area (Å²) in [6, 6.07) is 12.2. The average Bonchev–Trinajstić information content (AvgIpc) is 3.04. The molecule has 1 aromatic carbocycles. The zero-order valence-electron chi connectivity index (χ0n) is 16.4. The minimum atomic E-state index is 0.145. The van der Waals surface area contributed by atoms with Gasteiger partial charge in [0.15, 0.2) is 0 Å². The third-order valence-corrected chi connectivity index (χ3v) is 5.46. The smallest absolute Gasteiger partial charge is 0.320 e. The Hall–Kier alpha value is -2.80. The van der Waals surface area contributed by atoms with Crippen LogP contribution >= 0.6 is 0 Å². The molecule has 28 heavy (non-hydrogen) atoms. The van der Waals surface area contributed by atoms with Gasteiger partial charge in [-0.1, -0.05) is 18.2 Å². The average molecular weight is 382 g/mol. The number of hydrogen-bond acceptors (Lipinski definition) is 5. The molecule has 2 saturated heterocycles. The van der Waals surface area contributed by atoms with Crippen LogP contribution in [0.3, 0.4) is 0 Å². The van der Waals surface area contributed by atoms with Gasteiger partial charge in [0.1, 0.15) is 5.75 Å². The van der Waals surface area contributed by atoms with Crippen LogP contribution in [0.15, 0.2) is 42.6 Å². The van der Waals surface area contributed by atoms with Crippen molar-refractivity contribution in [1.82, 2.24) is 19.7 Å². The summed E-state index contributed by atoms with van der Waals surface area (Å²) < 4.78 is 10.3. The summed E-state index contributed by atoms with van der Waals surface area (Å²) in [6.45, 7) is 4.78. The van der Waals surface area contributed by atoms with Gasteiger partial charge < -0.3 is 19.3 Å². The van der Waals surface area contributed by atoms with E-state index >= 15 is 0 Å². The molecular weight excluding hydrogens is 356 g/mol. The van der Waals surface area contributed by atoms with Crippen LogP contribution in [0.2, 0.25) is 0 Å². The fourth-order valence-electron chi connectivity index (χ4n) is 3.95. The van der Waals surface area contributed by atoms with E-state index in [1.807, 2.05) is 52.4 Å². The predicted octanol–water partition coefficient (Wildman–Crippen LogP) is 2.22. The van der Waals surface area contributed by atoms with E-state index in [0.29, 0.717) is 12.4 Å². The molecule has 7 heteroatoms. The molecule has 4 rings (SSSR count). The van der Waals surface area contributed by atoms with Crippen LogP contribution in [0, 0.1) is 0 Å². The van der Waals surface area contributed by atoms with E-state index in [4.69, 9.17) is 9.47 Å². The van der Waals surface area contributed by atoms with Crippen LogP contribution in [-0.4, -0.2) is 72.2 Å². The van der Waals surface area contributed by atoms with Gasteiger partial charge in [0.05, 0.1) is 20.3 Å². The van der Waals surface area contributed by atoms with Crippen molar-refractivity contribution in [3.63, 3.8) is 0 Å². The number of pyridine rings is 1. The molecule has 0 N–H and O–H groups in total. The minimum Gasteiger partial charge on any atom is -0.497 e. The monoisotopic (exact) mass is 382 g/mol. The lowest BCUT2D eigenvalue weighted by molar-refractivity contribution is 0.116. The van der Waals surface area contributed by atoms with Gasteiger partial charge in [0.25, 0.3) is 0 Å². The van der Waals surface area contributed by atoms with Crippen molar-refractivity contribution in [2.24, 2.45) is 0 Å². The Labute approximate surface area is 165 Å². The third-order valence-electron chi connectivity index (χ3n) is 5.46. The summed E-state index contributed by atoms with van der Waals surface area (Å²) in [5, 5.41) is 0. The Bertz CT molecular complexity index is 809. The molecule has 2 aliphatic rings. The normalized spacial score (nSPS) is 19.6. The number of nitrogens with zero attached hydrogens (tertiary/aromatic N) is 4. The van der Waals surface area contributed by atoms with Crippen molar-refractivity contribution >= 4 is 6.03 Å². The maximum absolute atomic E-state index is 12.8. The molecule has 0 bridgehead atoms. The fraction of sp³-hybridized carbons (Fsp3) is 0.429. The third kappa shape index (κ3) is 3.89. The number of aromatic nitrogens is 1. The number of methoxy groups -OCH3 is 2.